The number of alkyl halides is 3. The van der Waals surface area contributed by atoms with Crippen molar-refractivity contribution in [2.24, 2.45) is 0 Å². The summed E-state index contributed by atoms with van der Waals surface area (Å²) in [7, 11) is 0. The van der Waals surface area contributed by atoms with Gasteiger partial charge in [0.1, 0.15) is 5.82 Å². The van der Waals surface area contributed by atoms with E-state index in [1.807, 2.05) is 0 Å². The van der Waals surface area contributed by atoms with Crippen LogP contribution in [0.15, 0.2) is 42.7 Å². The Bertz CT molecular complexity index is 970. The van der Waals surface area contributed by atoms with Crippen LogP contribution in [0.2, 0.25) is 5.02 Å². The van der Waals surface area contributed by atoms with E-state index in [2.05, 4.69) is 4.98 Å². The lowest BCUT2D eigenvalue weighted by Gasteiger charge is -2.29. The van der Waals surface area contributed by atoms with Gasteiger partial charge in [-0.25, -0.2) is 14.1 Å². The number of benzene rings is 1. The zero-order valence-corrected chi connectivity index (χ0v) is 14.3. The molecule has 0 radical (unpaired) electrons. The molecule has 0 saturated carbocycles. The molecule has 2 heterocycles. The molecular weight excluding hydrogens is 408 g/mol. The SMILES string of the molecule is O=C(N[C@@]1(C(F)(F)F)NC(=O)N(c2ccc(F)c(Cl)c2)C1=O)c1ccncc1. The van der Waals surface area contributed by atoms with Crippen molar-refractivity contribution in [1.29, 1.82) is 0 Å². The number of carbonyl (C=O) groups is 3. The van der Waals surface area contributed by atoms with Gasteiger partial charge in [-0.15, -0.1) is 0 Å². The number of pyridine rings is 1. The van der Waals surface area contributed by atoms with Gasteiger partial charge < -0.3 is 5.32 Å². The molecule has 1 fully saturated rings. The van der Waals surface area contributed by atoms with E-state index in [4.69, 9.17) is 11.6 Å². The van der Waals surface area contributed by atoms with Gasteiger partial charge in [0.2, 0.25) is 0 Å². The summed E-state index contributed by atoms with van der Waals surface area (Å²) in [5, 5.41) is 2.49. The second kappa shape index (κ2) is 6.75. The minimum atomic E-state index is -5.39. The molecule has 28 heavy (non-hydrogen) atoms. The molecule has 1 aromatic carbocycles. The summed E-state index contributed by atoms with van der Waals surface area (Å²) in [5.41, 5.74) is -4.34. The summed E-state index contributed by atoms with van der Waals surface area (Å²) in [4.78, 5) is 40.7. The molecule has 0 unspecified atom stereocenters. The molecule has 3 rings (SSSR count). The molecule has 2 N–H and O–H groups in total. The lowest BCUT2D eigenvalue weighted by atomic mass is 10.1. The van der Waals surface area contributed by atoms with E-state index < -0.39 is 46.2 Å². The second-order valence-electron chi connectivity index (χ2n) is 5.61. The molecular formula is C16H9ClF4N4O3. The molecule has 1 atom stereocenters. The Balaban J connectivity index is 2.02. The number of urea groups is 1. The molecule has 7 nitrogen and oxygen atoms in total. The van der Waals surface area contributed by atoms with Gasteiger partial charge in [-0.05, 0) is 30.3 Å². The number of aromatic nitrogens is 1. The van der Waals surface area contributed by atoms with Gasteiger partial charge in [0, 0.05) is 18.0 Å². The lowest BCUT2D eigenvalue weighted by Crippen LogP contribution is -2.69. The summed E-state index contributed by atoms with van der Waals surface area (Å²) < 4.78 is 54.6. The number of amides is 4. The number of imide groups is 1. The number of hydrogen-bond acceptors (Lipinski definition) is 4. The van der Waals surface area contributed by atoms with Gasteiger partial charge in [0.15, 0.2) is 0 Å². The first-order valence-corrected chi connectivity index (χ1v) is 7.85. The molecule has 12 heteroatoms. The monoisotopic (exact) mass is 416 g/mol. The maximum atomic E-state index is 13.8. The normalized spacial score (nSPS) is 19.5. The molecule has 0 aliphatic carbocycles. The fourth-order valence-electron chi connectivity index (χ4n) is 2.48. The van der Waals surface area contributed by atoms with Crippen LogP contribution in [-0.4, -0.2) is 34.7 Å². The fraction of sp³-hybridized carbons (Fsp3) is 0.125. The maximum absolute atomic E-state index is 13.8. The largest absolute Gasteiger partial charge is 0.440 e. The Hall–Kier alpha value is -3.21. The summed E-state index contributed by atoms with van der Waals surface area (Å²) >= 11 is 5.57. The molecule has 1 saturated heterocycles. The zero-order valence-electron chi connectivity index (χ0n) is 13.6. The van der Waals surface area contributed by atoms with Crippen molar-refractivity contribution in [1.82, 2.24) is 15.6 Å². The average Bonchev–Trinajstić information content (AvgIpc) is 2.89. The minimum Gasteiger partial charge on any atom is -0.314 e. The van der Waals surface area contributed by atoms with E-state index in [-0.39, 0.29) is 10.5 Å². The third-order valence-electron chi connectivity index (χ3n) is 3.85. The van der Waals surface area contributed by atoms with Crippen LogP contribution in [0.1, 0.15) is 10.4 Å². The Kier molecular flexibility index (Phi) is 4.71. The van der Waals surface area contributed by atoms with Crippen LogP contribution in [0.5, 0.6) is 0 Å². The third-order valence-corrected chi connectivity index (χ3v) is 4.14. The summed E-state index contributed by atoms with van der Waals surface area (Å²) in [6.45, 7) is 0. The number of hydrogen-bond donors (Lipinski definition) is 2. The van der Waals surface area contributed by atoms with Crippen LogP contribution in [0.25, 0.3) is 0 Å². The predicted molar refractivity (Wildman–Crippen MR) is 87.9 cm³/mol. The van der Waals surface area contributed by atoms with E-state index >= 15 is 0 Å². The average molecular weight is 417 g/mol. The molecule has 146 valence electrons. The molecule has 4 amide bonds. The van der Waals surface area contributed by atoms with Crippen LogP contribution in [-0.2, 0) is 4.79 Å². The topological polar surface area (TPSA) is 91.4 Å². The molecule has 2 aromatic rings. The van der Waals surface area contributed by atoms with Crippen LogP contribution in [0.3, 0.4) is 0 Å². The van der Waals surface area contributed by atoms with Crippen molar-refractivity contribution in [3.05, 3.63) is 59.1 Å². The van der Waals surface area contributed by atoms with Crippen LogP contribution >= 0.6 is 11.6 Å². The van der Waals surface area contributed by atoms with Gasteiger partial charge in [0.25, 0.3) is 17.5 Å². The van der Waals surface area contributed by atoms with Crippen molar-refractivity contribution in [2.45, 2.75) is 11.8 Å². The van der Waals surface area contributed by atoms with E-state index in [1.54, 1.807) is 0 Å². The Labute approximate surface area is 159 Å². The lowest BCUT2D eigenvalue weighted by molar-refractivity contribution is -0.197. The first-order chi connectivity index (χ1) is 13.1. The number of nitrogens with zero attached hydrogens (tertiary/aromatic N) is 2. The molecule has 0 spiro atoms. The first-order valence-electron chi connectivity index (χ1n) is 7.48. The minimum absolute atomic E-state index is 0.117. The number of anilines is 1. The number of nitrogens with one attached hydrogen (secondary N) is 2. The van der Waals surface area contributed by atoms with E-state index in [9.17, 15) is 31.9 Å². The quantitative estimate of drug-likeness (QED) is 0.594. The summed E-state index contributed by atoms with van der Waals surface area (Å²) in [6.07, 6.45) is -3.06. The van der Waals surface area contributed by atoms with Gasteiger partial charge in [-0.1, -0.05) is 11.6 Å². The van der Waals surface area contributed by atoms with Crippen LogP contribution < -0.4 is 15.5 Å². The van der Waals surface area contributed by atoms with Crippen molar-refractivity contribution in [3.63, 3.8) is 0 Å². The maximum Gasteiger partial charge on any atom is 0.440 e. The fourth-order valence-corrected chi connectivity index (χ4v) is 2.66. The van der Waals surface area contributed by atoms with Crippen molar-refractivity contribution in [3.8, 4) is 0 Å². The highest BCUT2D eigenvalue weighted by Crippen LogP contribution is 2.36. The van der Waals surface area contributed by atoms with E-state index in [1.165, 1.54) is 10.6 Å². The zero-order chi connectivity index (χ0) is 20.7. The highest BCUT2D eigenvalue weighted by molar-refractivity contribution is 6.31. The summed E-state index contributed by atoms with van der Waals surface area (Å²) in [6, 6.07) is 3.26. The van der Waals surface area contributed by atoms with Gasteiger partial charge in [0.05, 0.1) is 10.7 Å². The number of carbonyl (C=O) groups excluding carboxylic acids is 3. The number of halogens is 5. The molecule has 1 aromatic heterocycles. The van der Waals surface area contributed by atoms with Crippen LogP contribution in [0.4, 0.5) is 28.0 Å². The van der Waals surface area contributed by atoms with Crippen molar-refractivity contribution >= 4 is 35.1 Å². The van der Waals surface area contributed by atoms with Gasteiger partial charge in [-0.3, -0.25) is 19.9 Å². The Morgan fingerprint density at radius 2 is 1.82 bits per heavy atom. The predicted octanol–water partition coefficient (Wildman–Crippen LogP) is 2.62. The first kappa shape index (κ1) is 19.5. The molecule has 0 bridgehead atoms. The smallest absolute Gasteiger partial charge is 0.314 e. The van der Waals surface area contributed by atoms with Gasteiger partial charge in [-0.2, -0.15) is 13.2 Å². The highest BCUT2D eigenvalue weighted by Gasteiger charge is 2.69. The van der Waals surface area contributed by atoms with Crippen LogP contribution in [0, 0.1) is 5.82 Å². The Morgan fingerprint density at radius 1 is 1.18 bits per heavy atom. The number of rotatable bonds is 3. The standard InChI is InChI=1S/C16H9ClF4N4O3/c17-10-7-9(1-2-11(10)18)25-13(27)15(16(19,20)21,24-14(25)28)23-12(26)8-3-5-22-6-4-8/h1-7H,(H,23,26)(H,24,28)/t15-/m1/s1. The van der Waals surface area contributed by atoms with Crippen molar-refractivity contribution in [2.75, 3.05) is 4.90 Å². The molecule has 1 aliphatic rings. The Morgan fingerprint density at radius 3 is 2.39 bits per heavy atom. The van der Waals surface area contributed by atoms with Crippen molar-refractivity contribution < 1.29 is 31.9 Å². The van der Waals surface area contributed by atoms with E-state index in [0.29, 0.717) is 0 Å². The molecule has 1 aliphatic heterocycles. The second-order valence-corrected chi connectivity index (χ2v) is 6.01. The van der Waals surface area contributed by atoms with E-state index in [0.717, 1.165) is 42.7 Å². The summed E-state index contributed by atoms with van der Waals surface area (Å²) in [5.74, 6) is -3.99. The highest BCUT2D eigenvalue weighted by atomic mass is 35.5. The van der Waals surface area contributed by atoms with Gasteiger partial charge >= 0.3 is 12.2 Å². The third kappa shape index (κ3) is 3.13.